The number of anilines is 1. The van der Waals surface area contributed by atoms with Crippen LogP contribution < -0.4 is 5.32 Å². The molecule has 0 saturated heterocycles. The Bertz CT molecular complexity index is 1360. The van der Waals surface area contributed by atoms with Gasteiger partial charge in [-0.3, -0.25) is 4.79 Å². The lowest BCUT2D eigenvalue weighted by Crippen LogP contribution is -2.13. The van der Waals surface area contributed by atoms with E-state index in [2.05, 4.69) is 20.4 Å². The highest BCUT2D eigenvalue weighted by atomic mass is 16.1. The summed E-state index contributed by atoms with van der Waals surface area (Å²) in [6.07, 6.45) is 4.60. The fourth-order valence-corrected chi connectivity index (χ4v) is 3.36. The standard InChI is InChI=1S/C24H18N6O/c1-16-6-8-17(9-7-16)22-12-20(19-4-2-3-5-21(19)29-22)24(31)28-18-10-11-23(26-13-18)30-15-25-14-27-30/h2-15H,1H3,(H,28,31). The van der Waals surface area contributed by atoms with Crippen molar-refractivity contribution in [3.05, 3.63) is 96.7 Å². The normalized spacial score (nSPS) is 10.9. The molecule has 0 unspecified atom stereocenters. The van der Waals surface area contributed by atoms with Crippen LogP contribution in [0.4, 0.5) is 5.69 Å². The minimum Gasteiger partial charge on any atom is -0.321 e. The number of nitrogens with one attached hydrogen (secondary N) is 1. The number of para-hydroxylation sites is 1. The molecule has 5 rings (SSSR count). The zero-order valence-electron chi connectivity index (χ0n) is 16.7. The van der Waals surface area contributed by atoms with Gasteiger partial charge in [-0.05, 0) is 31.2 Å². The van der Waals surface area contributed by atoms with Gasteiger partial charge in [0.15, 0.2) is 5.82 Å². The molecule has 0 spiro atoms. The first kappa shape index (κ1) is 18.6. The maximum Gasteiger partial charge on any atom is 0.256 e. The molecule has 0 aliphatic heterocycles. The first-order chi connectivity index (χ1) is 15.2. The molecule has 150 valence electrons. The third-order valence-corrected chi connectivity index (χ3v) is 4.97. The zero-order valence-corrected chi connectivity index (χ0v) is 16.7. The molecule has 0 aliphatic rings. The average Bonchev–Trinajstić information content (AvgIpc) is 3.34. The molecular formula is C24H18N6O. The summed E-state index contributed by atoms with van der Waals surface area (Å²) in [6.45, 7) is 2.04. The van der Waals surface area contributed by atoms with Crippen LogP contribution in [0.5, 0.6) is 0 Å². The van der Waals surface area contributed by atoms with Gasteiger partial charge in [0, 0.05) is 10.9 Å². The molecule has 3 heterocycles. The number of aromatic nitrogens is 5. The number of carbonyl (C=O) groups excluding carboxylic acids is 1. The van der Waals surface area contributed by atoms with E-state index in [1.54, 1.807) is 29.3 Å². The lowest BCUT2D eigenvalue weighted by molar-refractivity contribution is 0.102. The van der Waals surface area contributed by atoms with Crippen molar-refractivity contribution in [2.24, 2.45) is 0 Å². The van der Waals surface area contributed by atoms with Crippen LogP contribution in [0.1, 0.15) is 15.9 Å². The molecule has 0 saturated carbocycles. The minimum absolute atomic E-state index is 0.220. The fourth-order valence-electron chi connectivity index (χ4n) is 3.36. The molecule has 1 amide bonds. The fraction of sp³-hybridized carbons (Fsp3) is 0.0417. The van der Waals surface area contributed by atoms with E-state index in [1.807, 2.05) is 61.5 Å². The molecule has 0 fully saturated rings. The van der Waals surface area contributed by atoms with Crippen molar-refractivity contribution in [1.82, 2.24) is 24.7 Å². The van der Waals surface area contributed by atoms with E-state index in [0.717, 1.165) is 22.2 Å². The Morgan fingerprint density at radius 3 is 2.58 bits per heavy atom. The summed E-state index contributed by atoms with van der Waals surface area (Å²) in [5.74, 6) is 0.397. The number of pyridine rings is 2. The molecule has 0 radical (unpaired) electrons. The first-order valence-corrected chi connectivity index (χ1v) is 9.76. The van der Waals surface area contributed by atoms with E-state index in [0.29, 0.717) is 17.1 Å². The highest BCUT2D eigenvalue weighted by Gasteiger charge is 2.14. The van der Waals surface area contributed by atoms with Crippen LogP contribution in [0.3, 0.4) is 0 Å². The van der Waals surface area contributed by atoms with E-state index in [-0.39, 0.29) is 5.91 Å². The summed E-state index contributed by atoms with van der Waals surface area (Å²) in [6, 6.07) is 21.1. The summed E-state index contributed by atoms with van der Waals surface area (Å²) in [5.41, 5.74) is 4.80. The Kier molecular flexibility index (Phi) is 4.68. The third kappa shape index (κ3) is 3.76. The molecule has 0 atom stereocenters. The van der Waals surface area contributed by atoms with Gasteiger partial charge in [-0.1, -0.05) is 48.0 Å². The number of benzene rings is 2. The number of hydrogen-bond acceptors (Lipinski definition) is 5. The maximum atomic E-state index is 13.2. The number of carbonyl (C=O) groups is 1. The lowest BCUT2D eigenvalue weighted by Gasteiger charge is -2.11. The second kappa shape index (κ2) is 7.79. The van der Waals surface area contributed by atoms with Gasteiger partial charge in [0.05, 0.1) is 28.7 Å². The van der Waals surface area contributed by atoms with Gasteiger partial charge in [-0.25, -0.2) is 19.6 Å². The smallest absolute Gasteiger partial charge is 0.256 e. The summed E-state index contributed by atoms with van der Waals surface area (Å²) < 4.78 is 1.55. The van der Waals surface area contributed by atoms with E-state index in [1.165, 1.54) is 11.9 Å². The number of rotatable bonds is 4. The van der Waals surface area contributed by atoms with Crippen molar-refractivity contribution >= 4 is 22.5 Å². The molecule has 3 aromatic heterocycles. The Hall–Kier alpha value is -4.39. The van der Waals surface area contributed by atoms with Gasteiger partial charge in [0.1, 0.15) is 12.7 Å². The van der Waals surface area contributed by atoms with E-state index in [4.69, 9.17) is 4.98 Å². The molecule has 7 heteroatoms. The molecule has 7 nitrogen and oxygen atoms in total. The maximum absolute atomic E-state index is 13.2. The highest BCUT2D eigenvalue weighted by Crippen LogP contribution is 2.26. The number of nitrogens with zero attached hydrogens (tertiary/aromatic N) is 5. The second-order valence-corrected chi connectivity index (χ2v) is 7.14. The third-order valence-electron chi connectivity index (χ3n) is 4.97. The largest absolute Gasteiger partial charge is 0.321 e. The van der Waals surface area contributed by atoms with Gasteiger partial charge < -0.3 is 5.32 Å². The summed E-state index contributed by atoms with van der Waals surface area (Å²) in [7, 11) is 0. The summed E-state index contributed by atoms with van der Waals surface area (Å²) >= 11 is 0. The van der Waals surface area contributed by atoms with Crippen LogP contribution in [-0.4, -0.2) is 30.6 Å². The predicted octanol–water partition coefficient (Wildman–Crippen LogP) is 4.44. The van der Waals surface area contributed by atoms with Crippen LogP contribution >= 0.6 is 0 Å². The summed E-state index contributed by atoms with van der Waals surface area (Å²) in [4.78, 5) is 26.2. The first-order valence-electron chi connectivity index (χ1n) is 9.76. The van der Waals surface area contributed by atoms with Crippen LogP contribution in [-0.2, 0) is 0 Å². The Balaban J connectivity index is 1.49. The van der Waals surface area contributed by atoms with Crippen molar-refractivity contribution in [2.75, 3.05) is 5.32 Å². The highest BCUT2D eigenvalue weighted by molar-refractivity contribution is 6.13. The minimum atomic E-state index is -0.220. The second-order valence-electron chi connectivity index (χ2n) is 7.14. The molecule has 2 aromatic carbocycles. The Labute approximate surface area is 178 Å². The van der Waals surface area contributed by atoms with Crippen molar-refractivity contribution in [3.63, 3.8) is 0 Å². The Morgan fingerprint density at radius 1 is 1.00 bits per heavy atom. The zero-order chi connectivity index (χ0) is 21.2. The monoisotopic (exact) mass is 406 g/mol. The molecule has 0 bridgehead atoms. The van der Waals surface area contributed by atoms with Crippen LogP contribution in [0.15, 0.2) is 85.6 Å². The lowest BCUT2D eigenvalue weighted by atomic mass is 10.0. The van der Waals surface area contributed by atoms with Gasteiger partial charge in [-0.2, -0.15) is 5.10 Å². The van der Waals surface area contributed by atoms with Crippen molar-refractivity contribution in [3.8, 4) is 17.1 Å². The van der Waals surface area contributed by atoms with Gasteiger partial charge in [0.2, 0.25) is 0 Å². The van der Waals surface area contributed by atoms with Crippen LogP contribution in [0, 0.1) is 6.92 Å². The molecule has 0 aliphatic carbocycles. The quantitative estimate of drug-likeness (QED) is 0.477. The van der Waals surface area contributed by atoms with Gasteiger partial charge in [0.25, 0.3) is 5.91 Å². The number of fused-ring (bicyclic) bond motifs is 1. The number of aryl methyl sites for hydroxylation is 1. The van der Waals surface area contributed by atoms with Crippen molar-refractivity contribution in [2.45, 2.75) is 6.92 Å². The number of amides is 1. The SMILES string of the molecule is Cc1ccc(-c2cc(C(=O)Nc3ccc(-n4cncn4)nc3)c3ccccc3n2)cc1. The average molecular weight is 406 g/mol. The molecular weight excluding hydrogens is 388 g/mol. The van der Waals surface area contributed by atoms with Crippen LogP contribution in [0.2, 0.25) is 0 Å². The topological polar surface area (TPSA) is 85.6 Å². The van der Waals surface area contributed by atoms with Crippen LogP contribution in [0.25, 0.3) is 28.0 Å². The molecule has 31 heavy (non-hydrogen) atoms. The Morgan fingerprint density at radius 2 is 1.84 bits per heavy atom. The van der Waals surface area contributed by atoms with Gasteiger partial charge >= 0.3 is 0 Å². The van der Waals surface area contributed by atoms with Crippen molar-refractivity contribution < 1.29 is 4.79 Å². The molecule has 1 N–H and O–H groups in total. The number of hydrogen-bond donors (Lipinski definition) is 1. The molecule has 5 aromatic rings. The van der Waals surface area contributed by atoms with E-state index >= 15 is 0 Å². The van der Waals surface area contributed by atoms with E-state index < -0.39 is 0 Å². The summed E-state index contributed by atoms with van der Waals surface area (Å²) in [5, 5.41) is 7.78. The predicted molar refractivity (Wildman–Crippen MR) is 119 cm³/mol. The van der Waals surface area contributed by atoms with Gasteiger partial charge in [-0.15, -0.1) is 0 Å². The van der Waals surface area contributed by atoms with E-state index in [9.17, 15) is 4.79 Å². The van der Waals surface area contributed by atoms with Crippen molar-refractivity contribution in [1.29, 1.82) is 0 Å².